The van der Waals surface area contributed by atoms with Crippen molar-refractivity contribution in [2.75, 3.05) is 20.6 Å². The van der Waals surface area contributed by atoms with Crippen LogP contribution in [0.1, 0.15) is 33.6 Å². The zero-order chi connectivity index (χ0) is 12.7. The summed E-state index contributed by atoms with van der Waals surface area (Å²) >= 11 is 0. The van der Waals surface area contributed by atoms with E-state index in [-0.39, 0.29) is 18.1 Å². The Labute approximate surface area is 99.0 Å². The minimum Gasteiger partial charge on any atom is -0.393 e. The van der Waals surface area contributed by atoms with E-state index in [1.807, 2.05) is 6.92 Å². The van der Waals surface area contributed by atoms with E-state index in [4.69, 9.17) is 0 Å². The fourth-order valence-corrected chi connectivity index (χ4v) is 1.58. The van der Waals surface area contributed by atoms with Crippen molar-refractivity contribution in [2.24, 2.45) is 5.92 Å². The topological polar surface area (TPSA) is 52.6 Å². The molecule has 4 heteroatoms. The van der Waals surface area contributed by atoms with E-state index in [9.17, 15) is 9.90 Å². The highest BCUT2D eigenvalue weighted by molar-refractivity contribution is 5.76. The molecular formula is C12H26N2O2. The molecule has 0 saturated carbocycles. The lowest BCUT2D eigenvalue weighted by molar-refractivity contribution is -0.129. The Kier molecular flexibility index (Phi) is 7.34. The number of amides is 1. The predicted molar refractivity (Wildman–Crippen MR) is 66.2 cm³/mol. The van der Waals surface area contributed by atoms with E-state index in [0.29, 0.717) is 12.3 Å². The van der Waals surface area contributed by atoms with Crippen LogP contribution in [-0.4, -0.2) is 48.7 Å². The summed E-state index contributed by atoms with van der Waals surface area (Å²) in [5.41, 5.74) is 0. The van der Waals surface area contributed by atoms with Crippen LogP contribution in [0.25, 0.3) is 0 Å². The molecule has 0 aromatic rings. The van der Waals surface area contributed by atoms with Crippen molar-refractivity contribution in [2.45, 2.75) is 45.8 Å². The van der Waals surface area contributed by atoms with Crippen LogP contribution in [0.4, 0.5) is 0 Å². The van der Waals surface area contributed by atoms with Crippen LogP contribution in [0.2, 0.25) is 0 Å². The number of rotatable bonds is 7. The van der Waals surface area contributed by atoms with Gasteiger partial charge in [-0.15, -0.1) is 0 Å². The molecule has 0 radical (unpaired) electrons. The monoisotopic (exact) mass is 230 g/mol. The molecule has 0 spiro atoms. The van der Waals surface area contributed by atoms with Gasteiger partial charge >= 0.3 is 0 Å². The van der Waals surface area contributed by atoms with Crippen molar-refractivity contribution in [1.82, 2.24) is 10.2 Å². The quantitative estimate of drug-likeness (QED) is 0.682. The van der Waals surface area contributed by atoms with E-state index in [1.165, 1.54) is 0 Å². The summed E-state index contributed by atoms with van der Waals surface area (Å²) in [4.78, 5) is 13.0. The normalized spacial score (nSPS) is 16.6. The van der Waals surface area contributed by atoms with Gasteiger partial charge in [-0.1, -0.05) is 6.92 Å². The summed E-state index contributed by atoms with van der Waals surface area (Å²) in [5.74, 6) is 0.570. The van der Waals surface area contributed by atoms with Crippen LogP contribution < -0.4 is 5.32 Å². The predicted octanol–water partition coefficient (Wildman–Crippen LogP) is 0.850. The van der Waals surface area contributed by atoms with Crippen molar-refractivity contribution in [3.8, 4) is 0 Å². The van der Waals surface area contributed by atoms with Gasteiger partial charge in [0.15, 0.2) is 0 Å². The van der Waals surface area contributed by atoms with Gasteiger partial charge in [-0.2, -0.15) is 0 Å². The summed E-state index contributed by atoms with van der Waals surface area (Å²) < 4.78 is 0. The van der Waals surface area contributed by atoms with Crippen LogP contribution in [0, 0.1) is 5.92 Å². The molecule has 3 atom stereocenters. The van der Waals surface area contributed by atoms with Crippen molar-refractivity contribution >= 4 is 5.91 Å². The second kappa shape index (κ2) is 7.63. The molecule has 0 aliphatic heterocycles. The van der Waals surface area contributed by atoms with Gasteiger partial charge in [-0.3, -0.25) is 4.79 Å². The van der Waals surface area contributed by atoms with Gasteiger partial charge in [-0.05, 0) is 32.7 Å². The summed E-state index contributed by atoms with van der Waals surface area (Å²) in [6, 6.07) is 0.186. The molecule has 0 saturated heterocycles. The van der Waals surface area contributed by atoms with Gasteiger partial charge in [0.2, 0.25) is 5.91 Å². The maximum absolute atomic E-state index is 11.4. The van der Waals surface area contributed by atoms with E-state index in [1.54, 1.807) is 25.9 Å². The minimum absolute atomic E-state index is 0.142. The maximum atomic E-state index is 11.4. The number of nitrogens with zero attached hydrogens (tertiary/aromatic N) is 1. The molecule has 16 heavy (non-hydrogen) atoms. The van der Waals surface area contributed by atoms with Crippen molar-refractivity contribution in [3.63, 3.8) is 0 Å². The number of aliphatic hydroxyl groups is 1. The molecule has 3 unspecified atom stereocenters. The third kappa shape index (κ3) is 7.65. The van der Waals surface area contributed by atoms with E-state index < -0.39 is 0 Å². The fraction of sp³-hybridized carbons (Fsp3) is 0.917. The minimum atomic E-state index is -0.254. The van der Waals surface area contributed by atoms with Crippen molar-refractivity contribution < 1.29 is 9.90 Å². The highest BCUT2D eigenvalue weighted by Gasteiger charge is 2.12. The van der Waals surface area contributed by atoms with Gasteiger partial charge in [0.1, 0.15) is 0 Å². The third-order valence-corrected chi connectivity index (χ3v) is 2.54. The van der Waals surface area contributed by atoms with E-state index >= 15 is 0 Å². The van der Waals surface area contributed by atoms with Gasteiger partial charge in [0.25, 0.3) is 0 Å². The number of carbonyl (C=O) groups excluding carboxylic acids is 1. The van der Waals surface area contributed by atoms with Gasteiger partial charge in [0.05, 0.1) is 6.10 Å². The lowest BCUT2D eigenvalue weighted by Crippen LogP contribution is -2.35. The molecule has 0 aromatic heterocycles. The first-order chi connectivity index (χ1) is 7.32. The molecule has 0 aromatic carbocycles. The van der Waals surface area contributed by atoms with Crippen LogP contribution in [-0.2, 0) is 4.79 Å². The van der Waals surface area contributed by atoms with Crippen molar-refractivity contribution in [3.05, 3.63) is 0 Å². The lowest BCUT2D eigenvalue weighted by Gasteiger charge is -2.19. The molecule has 0 fully saturated rings. The average Bonchev–Trinajstić information content (AvgIpc) is 2.13. The first-order valence-corrected chi connectivity index (χ1v) is 5.94. The van der Waals surface area contributed by atoms with Crippen LogP contribution in [0.5, 0.6) is 0 Å². The second-order valence-electron chi connectivity index (χ2n) is 4.99. The van der Waals surface area contributed by atoms with E-state index in [2.05, 4.69) is 12.2 Å². The first kappa shape index (κ1) is 15.4. The summed E-state index contributed by atoms with van der Waals surface area (Å²) in [5, 5.41) is 12.5. The van der Waals surface area contributed by atoms with Crippen LogP contribution in [0.3, 0.4) is 0 Å². The largest absolute Gasteiger partial charge is 0.393 e. The van der Waals surface area contributed by atoms with Crippen LogP contribution >= 0.6 is 0 Å². The number of hydrogen-bond acceptors (Lipinski definition) is 3. The number of nitrogens with one attached hydrogen (secondary N) is 1. The average molecular weight is 230 g/mol. The highest BCUT2D eigenvalue weighted by Crippen LogP contribution is 2.05. The highest BCUT2D eigenvalue weighted by atomic mass is 16.3. The second-order valence-corrected chi connectivity index (χ2v) is 4.99. The molecule has 0 aliphatic rings. The first-order valence-electron chi connectivity index (χ1n) is 5.94. The molecule has 1 amide bonds. The van der Waals surface area contributed by atoms with Crippen molar-refractivity contribution in [1.29, 1.82) is 0 Å². The molecular weight excluding hydrogens is 204 g/mol. The number of carbonyl (C=O) groups is 1. The Morgan fingerprint density at radius 3 is 2.31 bits per heavy atom. The molecule has 0 heterocycles. The lowest BCUT2D eigenvalue weighted by atomic mass is 10.0. The molecule has 0 aliphatic carbocycles. The SMILES string of the molecule is CC(O)CC(C)CNC(C)CC(=O)N(C)C. The van der Waals surface area contributed by atoms with Gasteiger partial charge in [0, 0.05) is 26.6 Å². The fourth-order valence-electron chi connectivity index (χ4n) is 1.58. The summed E-state index contributed by atoms with van der Waals surface area (Å²) in [6.45, 7) is 6.75. The maximum Gasteiger partial charge on any atom is 0.223 e. The van der Waals surface area contributed by atoms with E-state index in [0.717, 1.165) is 13.0 Å². The van der Waals surface area contributed by atoms with Gasteiger partial charge in [-0.25, -0.2) is 0 Å². The Bertz CT molecular complexity index is 205. The zero-order valence-corrected chi connectivity index (χ0v) is 11.2. The smallest absolute Gasteiger partial charge is 0.223 e. The number of aliphatic hydroxyl groups excluding tert-OH is 1. The number of hydrogen-bond donors (Lipinski definition) is 2. The Hall–Kier alpha value is -0.610. The molecule has 2 N–H and O–H groups in total. The Morgan fingerprint density at radius 1 is 1.31 bits per heavy atom. The Morgan fingerprint density at radius 2 is 1.88 bits per heavy atom. The standard InChI is InChI=1S/C12H26N2O2/c1-9(6-11(3)15)8-13-10(2)7-12(16)14(4)5/h9-11,13,15H,6-8H2,1-5H3. The molecule has 4 nitrogen and oxygen atoms in total. The zero-order valence-electron chi connectivity index (χ0n) is 11.2. The molecule has 96 valence electrons. The molecule has 0 rings (SSSR count). The molecule has 0 bridgehead atoms. The van der Waals surface area contributed by atoms with Crippen LogP contribution in [0.15, 0.2) is 0 Å². The summed E-state index contributed by atoms with van der Waals surface area (Å²) in [6.07, 6.45) is 1.06. The van der Waals surface area contributed by atoms with Gasteiger partial charge < -0.3 is 15.3 Å². The summed E-state index contributed by atoms with van der Waals surface area (Å²) in [7, 11) is 3.54. The Balaban J connectivity index is 3.72. The third-order valence-electron chi connectivity index (χ3n) is 2.54.